The fraction of sp³-hybridized carbons (Fsp3) is 0.692. The molecule has 0 spiro atoms. The summed E-state index contributed by atoms with van der Waals surface area (Å²) in [5.41, 5.74) is 0.532. The van der Waals surface area contributed by atoms with E-state index in [-0.39, 0.29) is 22.6 Å². The van der Waals surface area contributed by atoms with Crippen LogP contribution >= 0.6 is 0 Å². The molecule has 0 saturated heterocycles. The highest BCUT2D eigenvalue weighted by molar-refractivity contribution is 5.62. The second-order valence-electron chi connectivity index (χ2n) is 5.29. The minimum Gasteiger partial charge on any atom is -0.348 e. The third-order valence-electron chi connectivity index (χ3n) is 3.11. The molecule has 20 heavy (non-hydrogen) atoms. The van der Waals surface area contributed by atoms with Crippen molar-refractivity contribution in [2.75, 3.05) is 11.4 Å². The minimum atomic E-state index is -0.376. The molecule has 0 atom stereocenters. The van der Waals surface area contributed by atoms with Crippen LogP contribution in [0.3, 0.4) is 0 Å². The molecule has 0 aliphatic heterocycles. The highest BCUT2D eigenvalue weighted by Gasteiger charge is 2.32. The Morgan fingerprint density at radius 3 is 2.45 bits per heavy atom. The summed E-state index contributed by atoms with van der Waals surface area (Å²) in [5.74, 6) is 0.448. The van der Waals surface area contributed by atoms with Crippen LogP contribution in [0.5, 0.6) is 0 Å². The molecule has 0 fully saturated rings. The lowest BCUT2D eigenvalue weighted by molar-refractivity contribution is -0.385. The molecule has 0 N–H and O–H groups in total. The number of aromatic nitrogens is 2. The Hall–Kier alpha value is -2.10. The molecular weight excluding hydrogens is 258 g/mol. The van der Waals surface area contributed by atoms with E-state index in [2.05, 4.69) is 11.2 Å². The average Bonchev–Trinajstić information content (AvgIpc) is 2.68. The van der Waals surface area contributed by atoms with Crippen molar-refractivity contribution in [2.45, 2.75) is 46.1 Å². The van der Waals surface area contributed by atoms with Gasteiger partial charge in [0.1, 0.15) is 5.69 Å². The number of rotatable bonds is 6. The number of hydrogen-bond donors (Lipinski definition) is 0. The van der Waals surface area contributed by atoms with E-state index >= 15 is 0 Å². The van der Waals surface area contributed by atoms with Crippen LogP contribution in [0.15, 0.2) is 0 Å². The second kappa shape index (κ2) is 6.37. The summed E-state index contributed by atoms with van der Waals surface area (Å²) in [6.07, 6.45) is 0.317. The van der Waals surface area contributed by atoms with Crippen molar-refractivity contribution in [1.82, 2.24) is 9.78 Å². The van der Waals surface area contributed by atoms with Gasteiger partial charge in [-0.1, -0.05) is 13.8 Å². The number of anilines is 1. The number of nitriles is 1. The smallest absolute Gasteiger partial charge is 0.334 e. The first-order chi connectivity index (χ1) is 9.31. The largest absolute Gasteiger partial charge is 0.348 e. The molecule has 1 aromatic rings. The van der Waals surface area contributed by atoms with E-state index in [1.807, 2.05) is 32.6 Å². The maximum atomic E-state index is 11.4. The number of nitro groups is 1. The van der Waals surface area contributed by atoms with Crippen LogP contribution in [0.1, 0.15) is 45.7 Å². The van der Waals surface area contributed by atoms with Crippen LogP contribution in [0.4, 0.5) is 11.5 Å². The summed E-state index contributed by atoms with van der Waals surface area (Å²) in [4.78, 5) is 12.9. The molecule has 7 heteroatoms. The van der Waals surface area contributed by atoms with Crippen molar-refractivity contribution in [1.29, 1.82) is 5.26 Å². The van der Waals surface area contributed by atoms with Crippen LogP contribution in [0, 0.1) is 21.4 Å². The summed E-state index contributed by atoms with van der Waals surface area (Å²) in [7, 11) is 1.70. The Morgan fingerprint density at radius 1 is 1.45 bits per heavy atom. The van der Waals surface area contributed by atoms with Crippen LogP contribution in [-0.4, -0.2) is 27.3 Å². The van der Waals surface area contributed by atoms with E-state index in [1.54, 1.807) is 11.7 Å². The lowest BCUT2D eigenvalue weighted by Crippen LogP contribution is -2.33. The van der Waals surface area contributed by atoms with Gasteiger partial charge >= 0.3 is 5.69 Å². The topological polar surface area (TPSA) is 88.0 Å². The Bertz CT molecular complexity index is 528. The molecule has 7 nitrogen and oxygen atoms in total. The fourth-order valence-electron chi connectivity index (χ4n) is 2.19. The van der Waals surface area contributed by atoms with Crippen LogP contribution in [0.2, 0.25) is 0 Å². The van der Waals surface area contributed by atoms with Crippen LogP contribution in [-0.2, 0) is 7.05 Å². The molecule has 0 amide bonds. The SMILES string of the molecule is CC(C)c1nn(C)c(N(CCC#N)C(C)C)c1[N+](=O)[O-]. The average molecular weight is 279 g/mol. The van der Waals surface area contributed by atoms with Crippen molar-refractivity contribution in [3.05, 3.63) is 15.8 Å². The number of nitrogens with zero attached hydrogens (tertiary/aromatic N) is 5. The zero-order chi connectivity index (χ0) is 15.4. The van der Waals surface area contributed by atoms with Gasteiger partial charge in [-0.25, -0.2) is 4.68 Å². The van der Waals surface area contributed by atoms with Gasteiger partial charge in [0.05, 0.1) is 17.4 Å². The maximum Gasteiger partial charge on any atom is 0.334 e. The standard InChI is InChI=1S/C13H21N5O2/c1-9(2)11-12(18(19)20)13(16(5)15-11)17(10(3)4)8-6-7-14/h9-10H,6,8H2,1-5H3. The lowest BCUT2D eigenvalue weighted by Gasteiger charge is -2.26. The van der Waals surface area contributed by atoms with Crippen molar-refractivity contribution < 1.29 is 4.92 Å². The van der Waals surface area contributed by atoms with Gasteiger partial charge in [0.25, 0.3) is 0 Å². The highest BCUT2D eigenvalue weighted by Crippen LogP contribution is 2.36. The van der Waals surface area contributed by atoms with E-state index < -0.39 is 0 Å². The molecule has 0 saturated carbocycles. The predicted octanol–water partition coefficient (Wildman–Crippen LogP) is 2.58. The highest BCUT2D eigenvalue weighted by atomic mass is 16.6. The van der Waals surface area contributed by atoms with Gasteiger partial charge in [-0.15, -0.1) is 0 Å². The minimum absolute atomic E-state index is 0.0275. The molecule has 1 heterocycles. The second-order valence-corrected chi connectivity index (χ2v) is 5.29. The van der Waals surface area contributed by atoms with E-state index in [4.69, 9.17) is 5.26 Å². The van der Waals surface area contributed by atoms with Crippen molar-refractivity contribution in [2.24, 2.45) is 7.05 Å². The molecule has 0 aliphatic rings. The monoisotopic (exact) mass is 279 g/mol. The first-order valence-corrected chi connectivity index (χ1v) is 6.66. The maximum absolute atomic E-state index is 11.4. The molecule has 1 aromatic heterocycles. The Morgan fingerprint density at radius 2 is 2.05 bits per heavy atom. The first-order valence-electron chi connectivity index (χ1n) is 6.66. The lowest BCUT2D eigenvalue weighted by atomic mass is 10.1. The Balaban J connectivity index is 3.41. The van der Waals surface area contributed by atoms with Crippen molar-refractivity contribution in [3.63, 3.8) is 0 Å². The van der Waals surface area contributed by atoms with Crippen molar-refractivity contribution >= 4 is 11.5 Å². The summed E-state index contributed by atoms with van der Waals surface area (Å²) in [6.45, 7) is 8.11. The third kappa shape index (κ3) is 3.07. The molecule has 110 valence electrons. The molecule has 0 bridgehead atoms. The van der Waals surface area contributed by atoms with Crippen molar-refractivity contribution in [3.8, 4) is 6.07 Å². The Kier molecular flexibility index (Phi) is 5.08. The molecular formula is C13H21N5O2. The third-order valence-corrected chi connectivity index (χ3v) is 3.11. The van der Waals surface area contributed by atoms with E-state index in [0.717, 1.165) is 0 Å². The summed E-state index contributed by atoms with van der Waals surface area (Å²) >= 11 is 0. The molecule has 0 radical (unpaired) electrons. The zero-order valence-corrected chi connectivity index (χ0v) is 12.6. The van der Waals surface area contributed by atoms with Crippen LogP contribution in [0.25, 0.3) is 0 Å². The normalized spacial score (nSPS) is 10.9. The number of aryl methyl sites for hydroxylation is 1. The van der Waals surface area contributed by atoms with Crippen LogP contribution < -0.4 is 4.90 Å². The summed E-state index contributed by atoms with van der Waals surface area (Å²) in [6, 6.07) is 2.13. The molecule has 1 rings (SSSR count). The van der Waals surface area contributed by atoms with E-state index in [0.29, 0.717) is 24.5 Å². The van der Waals surface area contributed by atoms with Gasteiger partial charge in [0.2, 0.25) is 5.82 Å². The quantitative estimate of drug-likeness (QED) is 0.590. The van der Waals surface area contributed by atoms with Gasteiger partial charge in [0.15, 0.2) is 0 Å². The first kappa shape index (κ1) is 16.0. The van der Waals surface area contributed by atoms with Gasteiger partial charge in [-0.2, -0.15) is 10.4 Å². The Labute approximate surface area is 118 Å². The molecule has 0 aliphatic carbocycles. The predicted molar refractivity (Wildman–Crippen MR) is 76.7 cm³/mol. The fourth-order valence-corrected chi connectivity index (χ4v) is 2.19. The van der Waals surface area contributed by atoms with Gasteiger partial charge in [-0.05, 0) is 13.8 Å². The van der Waals surface area contributed by atoms with Gasteiger partial charge < -0.3 is 4.90 Å². The zero-order valence-electron chi connectivity index (χ0n) is 12.6. The van der Waals surface area contributed by atoms with Gasteiger partial charge in [0, 0.05) is 25.6 Å². The van der Waals surface area contributed by atoms with Gasteiger partial charge in [-0.3, -0.25) is 10.1 Å². The van der Waals surface area contributed by atoms with E-state index in [9.17, 15) is 10.1 Å². The molecule has 0 unspecified atom stereocenters. The summed E-state index contributed by atoms with van der Waals surface area (Å²) < 4.78 is 1.55. The summed E-state index contributed by atoms with van der Waals surface area (Å²) in [5, 5.41) is 24.5. The number of hydrogen-bond acceptors (Lipinski definition) is 5. The van der Waals surface area contributed by atoms with E-state index in [1.165, 1.54) is 0 Å². The molecule has 0 aromatic carbocycles.